The molecule has 1 atom stereocenters. The van der Waals surface area contributed by atoms with E-state index >= 15 is 0 Å². The number of anilines is 1. The summed E-state index contributed by atoms with van der Waals surface area (Å²) in [5, 5.41) is 10.2. The number of likely N-dealkylation sites (tertiary alicyclic amines) is 1. The third-order valence-electron chi connectivity index (χ3n) is 4.51. The van der Waals surface area contributed by atoms with Crippen LogP contribution in [0.15, 0.2) is 35.3 Å². The number of hydrazine groups is 1. The Hall–Kier alpha value is -2.45. The van der Waals surface area contributed by atoms with E-state index in [0.717, 1.165) is 12.8 Å². The van der Waals surface area contributed by atoms with Crippen LogP contribution in [0.5, 0.6) is 0 Å². The van der Waals surface area contributed by atoms with Gasteiger partial charge in [0.25, 0.3) is 11.8 Å². The van der Waals surface area contributed by atoms with Gasteiger partial charge in [0.1, 0.15) is 6.04 Å². The van der Waals surface area contributed by atoms with Gasteiger partial charge in [-0.15, -0.1) is 0 Å². The number of carbonyl (C=O) groups excluding carboxylic acids is 2. The number of piperidine rings is 1. The molecule has 1 fully saturated rings. The van der Waals surface area contributed by atoms with E-state index in [1.54, 1.807) is 24.0 Å². The number of rotatable bonds is 5. The molecule has 8 heteroatoms. The lowest BCUT2D eigenvalue weighted by Crippen LogP contribution is -2.59. The number of benzene rings is 1. The number of nitrogens with zero attached hydrogens (tertiary/aromatic N) is 3. The molecular formula is C18H24N4O4. The Morgan fingerprint density at radius 1 is 1.31 bits per heavy atom. The standard InChI is InChI=1S/C18H24N4O4/c1-13-17(24)22(14-5-3-2-4-6-14)20-16(19-13)18(25)21-9-7-15(8-10-21)26-12-11-23/h2-6,13,15,23H,7-12H2,1H3,(H,19,20)/t13-/m0/s1. The lowest BCUT2D eigenvalue weighted by Gasteiger charge is -2.35. The minimum Gasteiger partial charge on any atom is -0.394 e. The van der Waals surface area contributed by atoms with Gasteiger partial charge in [-0.25, -0.2) is 10.0 Å². The van der Waals surface area contributed by atoms with Gasteiger partial charge in [-0.1, -0.05) is 18.2 Å². The molecule has 26 heavy (non-hydrogen) atoms. The van der Waals surface area contributed by atoms with Crippen LogP contribution in [0, 0.1) is 0 Å². The molecule has 2 N–H and O–H groups in total. The van der Waals surface area contributed by atoms with Crippen molar-refractivity contribution < 1.29 is 19.4 Å². The van der Waals surface area contributed by atoms with E-state index in [-0.39, 0.29) is 30.4 Å². The second-order valence-corrected chi connectivity index (χ2v) is 6.36. The summed E-state index contributed by atoms with van der Waals surface area (Å²) in [6, 6.07) is 8.51. The fourth-order valence-corrected chi connectivity index (χ4v) is 3.09. The van der Waals surface area contributed by atoms with Gasteiger partial charge in [0.15, 0.2) is 0 Å². The zero-order chi connectivity index (χ0) is 18.5. The number of aliphatic hydroxyl groups excluding tert-OH is 1. The predicted molar refractivity (Wildman–Crippen MR) is 96.6 cm³/mol. The molecule has 0 radical (unpaired) electrons. The van der Waals surface area contributed by atoms with Crippen molar-refractivity contribution in [2.45, 2.75) is 31.9 Å². The predicted octanol–water partition coefficient (Wildman–Crippen LogP) is 0.325. The summed E-state index contributed by atoms with van der Waals surface area (Å²) in [6.45, 7) is 3.12. The van der Waals surface area contributed by atoms with Gasteiger partial charge in [-0.3, -0.25) is 15.0 Å². The molecule has 0 spiro atoms. The van der Waals surface area contributed by atoms with Crippen LogP contribution < -0.4 is 10.4 Å². The van der Waals surface area contributed by atoms with Gasteiger partial charge in [0.2, 0.25) is 5.84 Å². The smallest absolute Gasteiger partial charge is 0.290 e. The van der Waals surface area contributed by atoms with Crippen molar-refractivity contribution >= 4 is 23.3 Å². The van der Waals surface area contributed by atoms with Gasteiger partial charge >= 0.3 is 0 Å². The first-order valence-corrected chi connectivity index (χ1v) is 8.85. The highest BCUT2D eigenvalue weighted by atomic mass is 16.5. The fourth-order valence-electron chi connectivity index (χ4n) is 3.09. The molecule has 1 aromatic rings. The summed E-state index contributed by atoms with van der Waals surface area (Å²) in [4.78, 5) is 31.2. The Morgan fingerprint density at radius 2 is 2.00 bits per heavy atom. The van der Waals surface area contributed by atoms with E-state index in [1.807, 2.05) is 18.2 Å². The molecule has 0 bridgehead atoms. The minimum absolute atomic E-state index is 0.00110. The SMILES string of the molecule is C[C@@H]1N=C(C(=O)N2CCC(OCCO)CC2)NN(c2ccccc2)C1=O. The van der Waals surface area contributed by atoms with Crippen LogP contribution >= 0.6 is 0 Å². The second kappa shape index (κ2) is 8.29. The van der Waals surface area contributed by atoms with E-state index < -0.39 is 6.04 Å². The van der Waals surface area contributed by atoms with Crippen LogP contribution in [0.25, 0.3) is 0 Å². The van der Waals surface area contributed by atoms with Crippen molar-refractivity contribution in [2.75, 3.05) is 31.3 Å². The molecule has 2 aliphatic heterocycles. The highest BCUT2D eigenvalue weighted by molar-refractivity contribution is 6.39. The van der Waals surface area contributed by atoms with Crippen molar-refractivity contribution in [3.05, 3.63) is 30.3 Å². The summed E-state index contributed by atoms with van der Waals surface area (Å²) in [6.07, 6.45) is 1.50. The molecule has 0 aromatic heterocycles. The molecule has 2 heterocycles. The first-order chi connectivity index (χ1) is 12.6. The average molecular weight is 360 g/mol. The molecule has 1 saturated heterocycles. The second-order valence-electron chi connectivity index (χ2n) is 6.36. The van der Waals surface area contributed by atoms with Crippen molar-refractivity contribution in [1.29, 1.82) is 0 Å². The number of nitrogens with one attached hydrogen (secondary N) is 1. The highest BCUT2D eigenvalue weighted by Crippen LogP contribution is 2.18. The van der Waals surface area contributed by atoms with Crippen LogP contribution in [0.3, 0.4) is 0 Å². The topological polar surface area (TPSA) is 94.5 Å². The number of carbonyl (C=O) groups is 2. The van der Waals surface area contributed by atoms with Crippen LogP contribution in [0.1, 0.15) is 19.8 Å². The first-order valence-electron chi connectivity index (χ1n) is 8.85. The lowest BCUT2D eigenvalue weighted by molar-refractivity contribution is -0.127. The Kier molecular flexibility index (Phi) is 5.85. The Bertz CT molecular complexity index is 671. The molecule has 1 aromatic carbocycles. The zero-order valence-electron chi connectivity index (χ0n) is 14.8. The number of para-hydroxylation sites is 1. The average Bonchev–Trinajstić information content (AvgIpc) is 2.69. The van der Waals surface area contributed by atoms with E-state index in [1.165, 1.54) is 5.01 Å². The number of hydrogen-bond acceptors (Lipinski definition) is 6. The maximum Gasteiger partial charge on any atom is 0.290 e. The largest absolute Gasteiger partial charge is 0.394 e. The number of amidine groups is 1. The summed E-state index contributed by atoms with van der Waals surface area (Å²) in [5.74, 6) is -0.245. The molecular weight excluding hydrogens is 336 g/mol. The zero-order valence-corrected chi connectivity index (χ0v) is 14.8. The lowest BCUT2D eigenvalue weighted by atomic mass is 10.1. The normalized spacial score (nSPS) is 21.4. The van der Waals surface area contributed by atoms with E-state index in [9.17, 15) is 9.59 Å². The van der Waals surface area contributed by atoms with Gasteiger partial charge in [0.05, 0.1) is 25.0 Å². The van der Waals surface area contributed by atoms with E-state index in [2.05, 4.69) is 10.4 Å². The van der Waals surface area contributed by atoms with Crippen LogP contribution in [-0.2, 0) is 14.3 Å². The van der Waals surface area contributed by atoms with Crippen LogP contribution in [0.2, 0.25) is 0 Å². The maximum atomic E-state index is 12.8. The Balaban J connectivity index is 1.66. The summed E-state index contributed by atoms with van der Waals surface area (Å²) >= 11 is 0. The van der Waals surface area contributed by atoms with Crippen molar-refractivity contribution in [3.63, 3.8) is 0 Å². The minimum atomic E-state index is -0.624. The van der Waals surface area contributed by atoms with Crippen LogP contribution in [0.4, 0.5) is 5.69 Å². The van der Waals surface area contributed by atoms with Crippen molar-refractivity contribution in [2.24, 2.45) is 4.99 Å². The number of hydrogen-bond donors (Lipinski definition) is 2. The van der Waals surface area contributed by atoms with E-state index in [4.69, 9.17) is 9.84 Å². The molecule has 2 aliphatic rings. The summed E-state index contributed by atoms with van der Waals surface area (Å²) < 4.78 is 5.52. The summed E-state index contributed by atoms with van der Waals surface area (Å²) in [7, 11) is 0. The Labute approximate surface area is 152 Å². The third kappa shape index (κ3) is 4.03. The fraction of sp³-hybridized carbons (Fsp3) is 0.500. The van der Waals surface area contributed by atoms with Gasteiger partial charge in [-0.2, -0.15) is 0 Å². The molecule has 0 saturated carbocycles. The molecule has 140 valence electrons. The van der Waals surface area contributed by atoms with Gasteiger partial charge in [0, 0.05) is 13.1 Å². The third-order valence-corrected chi connectivity index (χ3v) is 4.51. The first kappa shape index (κ1) is 18.3. The molecule has 0 aliphatic carbocycles. The maximum absolute atomic E-state index is 12.8. The highest BCUT2D eigenvalue weighted by Gasteiger charge is 2.33. The number of ether oxygens (including phenoxy) is 1. The molecule has 8 nitrogen and oxygen atoms in total. The molecule has 3 rings (SSSR count). The van der Waals surface area contributed by atoms with Crippen molar-refractivity contribution in [3.8, 4) is 0 Å². The van der Waals surface area contributed by atoms with Crippen molar-refractivity contribution in [1.82, 2.24) is 10.3 Å². The van der Waals surface area contributed by atoms with Gasteiger partial charge in [-0.05, 0) is 31.9 Å². The number of aliphatic imine (C=N–C) groups is 1. The molecule has 0 unspecified atom stereocenters. The quantitative estimate of drug-likeness (QED) is 0.789. The number of amides is 2. The van der Waals surface area contributed by atoms with Gasteiger partial charge < -0.3 is 14.7 Å². The summed E-state index contributed by atoms with van der Waals surface area (Å²) in [5.41, 5.74) is 3.54. The molecule has 2 amide bonds. The Morgan fingerprint density at radius 3 is 2.65 bits per heavy atom. The number of aliphatic hydroxyl groups is 1. The van der Waals surface area contributed by atoms with E-state index in [0.29, 0.717) is 25.4 Å². The monoisotopic (exact) mass is 360 g/mol. The van der Waals surface area contributed by atoms with Crippen LogP contribution in [-0.4, -0.2) is 66.1 Å².